The summed E-state index contributed by atoms with van der Waals surface area (Å²) >= 11 is 0. The van der Waals surface area contributed by atoms with E-state index in [2.05, 4.69) is 50.4 Å². The van der Waals surface area contributed by atoms with Crippen molar-refractivity contribution in [2.45, 2.75) is 70.8 Å². The largest absolute Gasteiger partial charge is 0.491 e. The van der Waals surface area contributed by atoms with Gasteiger partial charge in [0.15, 0.2) is 0 Å². The first kappa shape index (κ1) is 19.5. The lowest BCUT2D eigenvalue weighted by Crippen LogP contribution is -2.42. The van der Waals surface area contributed by atoms with Gasteiger partial charge in [0.1, 0.15) is 5.75 Å². The Hall–Kier alpha value is -2.29. The molecule has 0 bridgehead atoms. The molecule has 27 heavy (non-hydrogen) atoms. The van der Waals surface area contributed by atoms with Gasteiger partial charge in [-0.15, -0.1) is 0 Å². The van der Waals surface area contributed by atoms with Crippen LogP contribution in [-0.4, -0.2) is 12.0 Å². The Balaban J connectivity index is 1.79. The average Bonchev–Trinajstić information content (AvgIpc) is 2.70. The number of nitrogens with one attached hydrogen (secondary N) is 1. The minimum absolute atomic E-state index is 0.114. The van der Waals surface area contributed by atoms with E-state index in [0.717, 1.165) is 49.1 Å². The number of rotatable bonds is 6. The molecule has 2 aromatic rings. The number of ether oxygens (including phenoxy) is 1. The van der Waals surface area contributed by atoms with Crippen LogP contribution < -0.4 is 10.1 Å². The fourth-order valence-corrected chi connectivity index (χ4v) is 3.93. The van der Waals surface area contributed by atoms with Gasteiger partial charge in [0.05, 0.1) is 11.5 Å². The Morgan fingerprint density at radius 2 is 1.81 bits per heavy atom. The molecular weight excluding hydrogens is 334 g/mol. The van der Waals surface area contributed by atoms with Crippen molar-refractivity contribution in [2.24, 2.45) is 0 Å². The van der Waals surface area contributed by atoms with E-state index in [9.17, 15) is 4.79 Å². The number of carbonyl (C=O) groups is 1. The predicted octanol–water partition coefficient (Wildman–Crippen LogP) is 6.01. The van der Waals surface area contributed by atoms with Crippen molar-refractivity contribution >= 4 is 11.6 Å². The molecule has 0 aromatic heterocycles. The van der Waals surface area contributed by atoms with Crippen molar-refractivity contribution in [1.29, 1.82) is 0 Å². The molecule has 2 aromatic carbocycles. The molecule has 0 spiro atoms. The van der Waals surface area contributed by atoms with Crippen LogP contribution >= 0.6 is 0 Å². The van der Waals surface area contributed by atoms with E-state index in [1.807, 2.05) is 24.3 Å². The number of aryl methyl sites for hydroxylation is 1. The van der Waals surface area contributed by atoms with Gasteiger partial charge < -0.3 is 10.1 Å². The Kier molecular flexibility index (Phi) is 6.20. The topological polar surface area (TPSA) is 38.3 Å². The van der Waals surface area contributed by atoms with Gasteiger partial charge in [-0.3, -0.25) is 4.79 Å². The molecule has 1 aliphatic rings. The van der Waals surface area contributed by atoms with Crippen LogP contribution in [0.5, 0.6) is 5.75 Å². The number of carbonyl (C=O) groups excluding carboxylic acids is 1. The summed E-state index contributed by atoms with van der Waals surface area (Å²) in [6, 6.07) is 16.2. The number of benzene rings is 2. The van der Waals surface area contributed by atoms with E-state index in [4.69, 9.17) is 4.74 Å². The molecule has 0 saturated heterocycles. The van der Waals surface area contributed by atoms with Gasteiger partial charge in [0.25, 0.3) is 0 Å². The molecule has 3 nitrogen and oxygen atoms in total. The van der Waals surface area contributed by atoms with E-state index < -0.39 is 5.41 Å². The summed E-state index contributed by atoms with van der Waals surface area (Å²) in [5.41, 5.74) is 2.76. The van der Waals surface area contributed by atoms with Crippen molar-refractivity contribution in [3.63, 3.8) is 0 Å². The van der Waals surface area contributed by atoms with Crippen LogP contribution in [0.3, 0.4) is 0 Å². The maximum absolute atomic E-state index is 13.4. The molecule has 0 radical (unpaired) electrons. The van der Waals surface area contributed by atoms with E-state index in [1.54, 1.807) is 0 Å². The highest BCUT2D eigenvalue weighted by Crippen LogP contribution is 2.40. The molecule has 1 atom stereocenters. The molecule has 1 amide bonds. The summed E-state index contributed by atoms with van der Waals surface area (Å²) in [5.74, 6) is 0.955. The number of amides is 1. The van der Waals surface area contributed by atoms with Gasteiger partial charge in [-0.05, 0) is 62.9 Å². The first-order valence-electron chi connectivity index (χ1n) is 10.2. The SMILES string of the molecule is CCC(C)Oc1ccc(NC(=O)C2(c3cccc(C)c3)CCCCC2)cc1. The summed E-state index contributed by atoms with van der Waals surface area (Å²) in [6.07, 6.45) is 6.40. The van der Waals surface area contributed by atoms with Crippen molar-refractivity contribution in [1.82, 2.24) is 0 Å². The average molecular weight is 366 g/mol. The first-order chi connectivity index (χ1) is 13.0. The van der Waals surface area contributed by atoms with Crippen LogP contribution in [0.15, 0.2) is 48.5 Å². The summed E-state index contributed by atoms with van der Waals surface area (Å²) in [4.78, 5) is 13.4. The minimum atomic E-state index is -0.420. The molecule has 1 aliphatic carbocycles. The van der Waals surface area contributed by atoms with E-state index in [-0.39, 0.29) is 12.0 Å². The van der Waals surface area contributed by atoms with Gasteiger partial charge in [0.2, 0.25) is 5.91 Å². The fourth-order valence-electron chi connectivity index (χ4n) is 3.93. The van der Waals surface area contributed by atoms with E-state index in [0.29, 0.717) is 0 Å². The summed E-state index contributed by atoms with van der Waals surface area (Å²) in [5, 5.41) is 3.17. The Labute approximate surface area is 163 Å². The van der Waals surface area contributed by atoms with Gasteiger partial charge in [-0.2, -0.15) is 0 Å². The lowest BCUT2D eigenvalue weighted by atomic mass is 9.68. The maximum Gasteiger partial charge on any atom is 0.235 e. The van der Waals surface area contributed by atoms with Gasteiger partial charge in [-0.1, -0.05) is 56.0 Å². The van der Waals surface area contributed by atoms with E-state index in [1.165, 1.54) is 12.0 Å². The van der Waals surface area contributed by atoms with Gasteiger partial charge >= 0.3 is 0 Å². The van der Waals surface area contributed by atoms with Crippen molar-refractivity contribution in [2.75, 3.05) is 5.32 Å². The number of anilines is 1. The Morgan fingerprint density at radius 3 is 2.44 bits per heavy atom. The summed E-state index contributed by atoms with van der Waals surface area (Å²) in [7, 11) is 0. The highest BCUT2D eigenvalue weighted by Gasteiger charge is 2.41. The molecule has 1 saturated carbocycles. The van der Waals surface area contributed by atoms with Crippen LogP contribution in [0.4, 0.5) is 5.69 Å². The van der Waals surface area contributed by atoms with Gasteiger partial charge in [0, 0.05) is 5.69 Å². The molecule has 1 unspecified atom stereocenters. The highest BCUT2D eigenvalue weighted by molar-refractivity contribution is 5.99. The maximum atomic E-state index is 13.4. The normalized spacial score (nSPS) is 17.1. The zero-order valence-corrected chi connectivity index (χ0v) is 16.8. The smallest absolute Gasteiger partial charge is 0.235 e. The molecule has 0 aliphatic heterocycles. The third-order valence-electron chi connectivity index (χ3n) is 5.74. The highest BCUT2D eigenvalue weighted by atomic mass is 16.5. The first-order valence-corrected chi connectivity index (χ1v) is 10.2. The molecule has 144 valence electrons. The predicted molar refractivity (Wildman–Crippen MR) is 111 cm³/mol. The zero-order valence-electron chi connectivity index (χ0n) is 16.8. The lowest BCUT2D eigenvalue weighted by Gasteiger charge is -2.36. The fraction of sp³-hybridized carbons (Fsp3) is 0.458. The van der Waals surface area contributed by atoms with Crippen LogP contribution in [0.2, 0.25) is 0 Å². The minimum Gasteiger partial charge on any atom is -0.491 e. The Bertz CT molecular complexity index is 760. The quantitative estimate of drug-likeness (QED) is 0.680. The second kappa shape index (κ2) is 8.60. The van der Waals surface area contributed by atoms with Crippen LogP contribution in [-0.2, 0) is 10.2 Å². The molecule has 1 N–H and O–H groups in total. The van der Waals surface area contributed by atoms with Crippen LogP contribution in [0.1, 0.15) is 63.5 Å². The summed E-state index contributed by atoms with van der Waals surface area (Å²) in [6.45, 7) is 6.26. The van der Waals surface area contributed by atoms with Crippen molar-refractivity contribution in [3.05, 3.63) is 59.7 Å². The zero-order chi connectivity index (χ0) is 19.3. The Morgan fingerprint density at radius 1 is 1.11 bits per heavy atom. The molecule has 0 heterocycles. The van der Waals surface area contributed by atoms with Crippen LogP contribution in [0, 0.1) is 6.92 Å². The molecular formula is C24H31NO2. The second-order valence-corrected chi connectivity index (χ2v) is 7.83. The van der Waals surface area contributed by atoms with Crippen LogP contribution in [0.25, 0.3) is 0 Å². The lowest BCUT2D eigenvalue weighted by molar-refractivity contribution is -0.122. The number of hydrogen-bond acceptors (Lipinski definition) is 2. The molecule has 3 rings (SSSR count). The third-order valence-corrected chi connectivity index (χ3v) is 5.74. The van der Waals surface area contributed by atoms with Crippen molar-refractivity contribution < 1.29 is 9.53 Å². The molecule has 1 fully saturated rings. The number of hydrogen-bond donors (Lipinski definition) is 1. The summed E-state index contributed by atoms with van der Waals surface area (Å²) < 4.78 is 5.83. The van der Waals surface area contributed by atoms with Crippen molar-refractivity contribution in [3.8, 4) is 5.75 Å². The molecule has 3 heteroatoms. The standard InChI is InChI=1S/C24H31NO2/c1-4-19(3)27-22-13-11-21(12-14-22)25-23(26)24(15-6-5-7-16-24)20-10-8-9-18(2)17-20/h8-14,17,19H,4-7,15-16H2,1-3H3,(H,25,26). The third kappa shape index (κ3) is 4.52. The second-order valence-electron chi connectivity index (χ2n) is 7.83. The monoisotopic (exact) mass is 365 g/mol. The van der Waals surface area contributed by atoms with E-state index >= 15 is 0 Å². The van der Waals surface area contributed by atoms with Gasteiger partial charge in [-0.25, -0.2) is 0 Å².